The molecule has 1 heterocycles. The fourth-order valence-electron chi connectivity index (χ4n) is 3.40. The highest BCUT2D eigenvalue weighted by Crippen LogP contribution is 2.36. The zero-order valence-electron chi connectivity index (χ0n) is 13.4. The first kappa shape index (κ1) is 14.9. The Balaban J connectivity index is 2.30. The normalized spacial score (nSPS) is 13.7. The van der Waals surface area contributed by atoms with Crippen molar-refractivity contribution in [1.82, 2.24) is 0 Å². The summed E-state index contributed by atoms with van der Waals surface area (Å²) in [6.45, 7) is 6.07. The van der Waals surface area contributed by atoms with Crippen molar-refractivity contribution in [2.45, 2.75) is 39.5 Å². The fourth-order valence-corrected chi connectivity index (χ4v) is 3.40. The molecule has 0 atom stereocenters. The summed E-state index contributed by atoms with van der Waals surface area (Å²) in [6.07, 6.45) is 4.17. The predicted octanol–water partition coefficient (Wildman–Crippen LogP) is 4.03. The average Bonchev–Trinajstić information content (AvgIpc) is 2.56. The lowest BCUT2D eigenvalue weighted by atomic mass is 9.92. The van der Waals surface area contributed by atoms with Crippen molar-refractivity contribution in [3.8, 4) is 11.1 Å². The van der Waals surface area contributed by atoms with E-state index in [-0.39, 0.29) is 5.63 Å². The molecule has 0 fully saturated rings. The number of rotatable bonds is 4. The Kier molecular flexibility index (Phi) is 4.32. The van der Waals surface area contributed by atoms with E-state index in [0.29, 0.717) is 0 Å². The minimum atomic E-state index is -0.200. The van der Waals surface area contributed by atoms with Gasteiger partial charge >= 0.3 is 5.63 Å². The summed E-state index contributed by atoms with van der Waals surface area (Å²) in [7, 11) is 0. The molecule has 0 unspecified atom stereocenters. The highest BCUT2D eigenvalue weighted by atomic mass is 16.4. The minimum absolute atomic E-state index is 0.200. The van der Waals surface area contributed by atoms with Gasteiger partial charge in [0.2, 0.25) is 0 Å². The summed E-state index contributed by atoms with van der Waals surface area (Å²) in [5.41, 5.74) is 3.82. The molecule has 22 heavy (non-hydrogen) atoms. The molecular weight excluding hydrogens is 274 g/mol. The molecule has 0 spiro atoms. The van der Waals surface area contributed by atoms with Crippen LogP contribution in [0.4, 0.5) is 5.69 Å². The highest BCUT2D eigenvalue weighted by Gasteiger charge is 2.25. The number of hydrogen-bond donors (Lipinski definition) is 0. The zero-order valence-corrected chi connectivity index (χ0v) is 13.4. The largest absolute Gasteiger partial charge is 0.427 e. The first-order chi connectivity index (χ1) is 10.8. The Bertz CT molecular complexity index is 699. The van der Waals surface area contributed by atoms with Gasteiger partial charge in [-0.15, -0.1) is 0 Å². The van der Waals surface area contributed by atoms with Crippen molar-refractivity contribution in [2.24, 2.45) is 0 Å². The van der Waals surface area contributed by atoms with Gasteiger partial charge in [-0.3, -0.25) is 0 Å². The summed E-state index contributed by atoms with van der Waals surface area (Å²) in [5, 5.41) is 0. The quantitative estimate of drug-likeness (QED) is 0.854. The minimum Gasteiger partial charge on any atom is -0.427 e. The second-order valence-corrected chi connectivity index (χ2v) is 5.76. The number of aryl methyl sites for hydroxylation is 1. The van der Waals surface area contributed by atoms with Crippen molar-refractivity contribution in [2.75, 3.05) is 18.0 Å². The highest BCUT2D eigenvalue weighted by molar-refractivity contribution is 5.80. The Morgan fingerprint density at radius 3 is 2.41 bits per heavy atom. The lowest BCUT2D eigenvalue weighted by molar-refractivity contribution is 0.429. The third-order valence-electron chi connectivity index (χ3n) is 4.50. The number of anilines is 1. The third kappa shape index (κ3) is 2.56. The summed E-state index contributed by atoms with van der Waals surface area (Å²) in [4.78, 5) is 15.0. The monoisotopic (exact) mass is 297 g/mol. The summed E-state index contributed by atoms with van der Waals surface area (Å²) in [5.74, 6) is 0.901. The Hall–Kier alpha value is -2.03. The molecule has 3 nitrogen and oxygen atoms in total. The predicted molar refractivity (Wildman–Crippen MR) is 90.6 cm³/mol. The molecule has 0 saturated carbocycles. The summed E-state index contributed by atoms with van der Waals surface area (Å²) >= 11 is 0. The van der Waals surface area contributed by atoms with E-state index in [9.17, 15) is 4.79 Å². The maximum atomic E-state index is 12.7. The van der Waals surface area contributed by atoms with Crippen molar-refractivity contribution in [3.63, 3.8) is 0 Å². The second-order valence-electron chi connectivity index (χ2n) is 5.76. The number of fused-ring (bicyclic) bond motifs is 1. The van der Waals surface area contributed by atoms with Gasteiger partial charge in [0.25, 0.3) is 0 Å². The van der Waals surface area contributed by atoms with Gasteiger partial charge in [0.1, 0.15) is 5.76 Å². The summed E-state index contributed by atoms with van der Waals surface area (Å²) < 4.78 is 5.68. The molecule has 1 aliphatic carbocycles. The van der Waals surface area contributed by atoms with Crippen molar-refractivity contribution < 1.29 is 4.42 Å². The van der Waals surface area contributed by atoms with Crippen LogP contribution in [0.5, 0.6) is 0 Å². The van der Waals surface area contributed by atoms with Gasteiger partial charge in [0, 0.05) is 25.1 Å². The summed E-state index contributed by atoms with van der Waals surface area (Å²) in [6, 6.07) is 9.91. The maximum absolute atomic E-state index is 12.7. The van der Waals surface area contributed by atoms with Gasteiger partial charge in [-0.2, -0.15) is 0 Å². The lowest BCUT2D eigenvalue weighted by Gasteiger charge is -2.29. The van der Waals surface area contributed by atoms with Crippen LogP contribution in [0.3, 0.4) is 0 Å². The van der Waals surface area contributed by atoms with Gasteiger partial charge in [0.15, 0.2) is 0 Å². The van der Waals surface area contributed by atoms with Gasteiger partial charge in [-0.1, -0.05) is 30.3 Å². The molecule has 0 N–H and O–H groups in total. The van der Waals surface area contributed by atoms with Crippen molar-refractivity contribution in [3.05, 3.63) is 52.1 Å². The van der Waals surface area contributed by atoms with E-state index in [1.165, 1.54) is 12.0 Å². The molecule has 0 radical (unpaired) electrons. The number of hydrogen-bond acceptors (Lipinski definition) is 3. The molecular formula is C19H23NO2. The lowest BCUT2D eigenvalue weighted by Crippen LogP contribution is -2.28. The van der Waals surface area contributed by atoms with Gasteiger partial charge < -0.3 is 9.32 Å². The molecule has 0 aliphatic heterocycles. The van der Waals surface area contributed by atoms with Gasteiger partial charge in [-0.25, -0.2) is 4.79 Å². The van der Waals surface area contributed by atoms with E-state index >= 15 is 0 Å². The smallest absolute Gasteiger partial charge is 0.345 e. The molecule has 0 amide bonds. The van der Waals surface area contributed by atoms with Gasteiger partial charge in [-0.05, 0) is 38.7 Å². The van der Waals surface area contributed by atoms with Gasteiger partial charge in [0.05, 0.1) is 11.3 Å². The van der Waals surface area contributed by atoms with Crippen LogP contribution in [0.1, 0.15) is 38.0 Å². The van der Waals surface area contributed by atoms with Crippen LogP contribution in [0.15, 0.2) is 39.5 Å². The molecule has 3 rings (SSSR count). The van der Waals surface area contributed by atoms with Crippen LogP contribution < -0.4 is 10.5 Å². The number of nitrogens with zero attached hydrogens (tertiary/aromatic N) is 1. The molecule has 3 heteroatoms. The second kappa shape index (κ2) is 6.39. The van der Waals surface area contributed by atoms with E-state index in [1.54, 1.807) is 0 Å². The molecule has 1 aliphatic rings. The Morgan fingerprint density at radius 2 is 1.73 bits per heavy atom. The maximum Gasteiger partial charge on any atom is 0.345 e. The van der Waals surface area contributed by atoms with Crippen LogP contribution in [-0.2, 0) is 12.8 Å². The third-order valence-corrected chi connectivity index (χ3v) is 4.50. The first-order valence-corrected chi connectivity index (χ1v) is 8.25. The van der Waals surface area contributed by atoms with Crippen molar-refractivity contribution >= 4 is 5.69 Å². The van der Waals surface area contributed by atoms with Crippen molar-refractivity contribution in [1.29, 1.82) is 0 Å². The number of benzene rings is 1. The zero-order chi connectivity index (χ0) is 15.5. The molecule has 2 aromatic rings. The van der Waals surface area contributed by atoms with Crippen LogP contribution in [-0.4, -0.2) is 13.1 Å². The molecule has 1 aromatic carbocycles. The van der Waals surface area contributed by atoms with E-state index in [0.717, 1.165) is 54.9 Å². The van der Waals surface area contributed by atoms with E-state index in [4.69, 9.17) is 4.42 Å². The van der Waals surface area contributed by atoms with Crippen LogP contribution in [0.2, 0.25) is 0 Å². The first-order valence-electron chi connectivity index (χ1n) is 8.25. The van der Waals surface area contributed by atoms with E-state index in [2.05, 4.69) is 18.7 Å². The standard InChI is InChI=1S/C19H23NO2/c1-3-20(4-2)18-15-12-8-9-13-16(15)22-19(21)17(18)14-10-6-5-7-11-14/h5-7,10-11H,3-4,8-9,12-13H2,1-2H3. The Labute approximate surface area is 131 Å². The molecule has 1 aromatic heterocycles. The fraction of sp³-hybridized carbons (Fsp3) is 0.421. The topological polar surface area (TPSA) is 33.5 Å². The SMILES string of the molecule is CCN(CC)c1c2c(oc(=O)c1-c1ccccc1)CCCC2. The Morgan fingerprint density at radius 1 is 1.05 bits per heavy atom. The van der Waals surface area contributed by atoms with E-state index in [1.807, 2.05) is 30.3 Å². The molecule has 0 saturated heterocycles. The van der Waals surface area contributed by atoms with Crippen LogP contribution >= 0.6 is 0 Å². The molecule has 0 bridgehead atoms. The van der Waals surface area contributed by atoms with Crippen LogP contribution in [0.25, 0.3) is 11.1 Å². The average molecular weight is 297 g/mol. The van der Waals surface area contributed by atoms with Crippen LogP contribution in [0, 0.1) is 0 Å². The van der Waals surface area contributed by atoms with E-state index < -0.39 is 0 Å². The molecule has 116 valence electrons.